The van der Waals surface area contributed by atoms with Gasteiger partial charge in [-0.25, -0.2) is 0 Å². The van der Waals surface area contributed by atoms with Crippen LogP contribution in [0.3, 0.4) is 0 Å². The van der Waals surface area contributed by atoms with Gasteiger partial charge in [-0.2, -0.15) is 0 Å². The van der Waals surface area contributed by atoms with Crippen molar-refractivity contribution in [1.82, 2.24) is 0 Å². The van der Waals surface area contributed by atoms with Gasteiger partial charge in [0.2, 0.25) is 0 Å². The van der Waals surface area contributed by atoms with Gasteiger partial charge in [0.25, 0.3) is 0 Å². The summed E-state index contributed by atoms with van der Waals surface area (Å²) in [6, 6.07) is 10.2. The first-order valence-corrected chi connectivity index (χ1v) is 3.18. The van der Waals surface area contributed by atoms with E-state index in [1.54, 1.807) is 0 Å². The van der Waals surface area contributed by atoms with Crippen molar-refractivity contribution in [3.05, 3.63) is 33.9 Å². The van der Waals surface area contributed by atoms with E-state index in [1.165, 1.54) is 3.57 Å². The molecule has 0 amide bonds. The van der Waals surface area contributed by atoms with Gasteiger partial charge < -0.3 is 2.85 Å². The van der Waals surface area contributed by atoms with Crippen LogP contribution >= 0.6 is 22.6 Å². The second-order valence-electron chi connectivity index (χ2n) is 1.30. The molecule has 40 valence electrons. The van der Waals surface area contributed by atoms with E-state index in [1.807, 2.05) is 18.2 Å². The Kier molecular flexibility index (Phi) is 6.33. The van der Waals surface area contributed by atoms with Crippen LogP contribution in [0.2, 0.25) is 0 Å². The molecule has 0 unspecified atom stereocenters. The van der Waals surface area contributed by atoms with E-state index in [4.69, 9.17) is 0 Å². The van der Waals surface area contributed by atoms with Crippen molar-refractivity contribution in [3.8, 4) is 0 Å². The molecule has 0 nitrogen and oxygen atoms in total. The van der Waals surface area contributed by atoms with Gasteiger partial charge in [-0.3, -0.25) is 0 Å². The molecule has 0 aliphatic rings. The molecule has 0 saturated heterocycles. The molecule has 0 atom stereocenters. The van der Waals surface area contributed by atoms with Gasteiger partial charge in [0.15, 0.2) is 0 Å². The third kappa shape index (κ3) is 3.53. The Morgan fingerprint density at radius 3 is 1.88 bits per heavy atom. The molecule has 8 heavy (non-hydrogen) atoms. The molecule has 0 fully saturated rings. The maximum absolute atomic E-state index is 2.28. The predicted octanol–water partition coefficient (Wildman–Crippen LogP) is 2.14. The topological polar surface area (TPSA) is 0 Å². The molecule has 0 aromatic heterocycles. The van der Waals surface area contributed by atoms with E-state index >= 15 is 0 Å². The van der Waals surface area contributed by atoms with Crippen LogP contribution in [0.5, 0.6) is 0 Å². The summed E-state index contributed by atoms with van der Waals surface area (Å²) in [4.78, 5) is 0. The van der Waals surface area contributed by atoms with Crippen molar-refractivity contribution in [2.24, 2.45) is 0 Å². The number of hydrogen-bond donors (Lipinski definition) is 0. The summed E-state index contributed by atoms with van der Waals surface area (Å²) >= 11 is 2.28. The van der Waals surface area contributed by atoms with Crippen molar-refractivity contribution < 1.29 is 2.85 Å². The maximum Gasteiger partial charge on any atom is 2.00 e. The van der Waals surface area contributed by atoms with Crippen LogP contribution in [0.4, 0.5) is 0 Å². The van der Waals surface area contributed by atoms with E-state index in [0.717, 1.165) is 0 Å². The zero-order valence-corrected chi connectivity index (χ0v) is 11.1. The second kappa shape index (κ2) is 5.32. The minimum atomic E-state index is 0. The predicted molar refractivity (Wildman–Crippen MR) is 47.1 cm³/mol. The molecule has 2 heteroatoms. The van der Waals surface area contributed by atoms with Crippen molar-refractivity contribution in [3.63, 3.8) is 0 Å². The summed E-state index contributed by atoms with van der Waals surface area (Å²) in [7, 11) is 0. The monoisotopic (exact) mass is 344 g/mol. The van der Waals surface area contributed by atoms with Crippen molar-refractivity contribution in [2.75, 3.05) is 0 Å². The van der Waals surface area contributed by atoms with Crippen molar-refractivity contribution in [1.29, 1.82) is 0 Å². The first kappa shape index (κ1) is 9.52. The maximum atomic E-state index is 2.28. The Balaban J connectivity index is -0.000000163. The van der Waals surface area contributed by atoms with Crippen LogP contribution in [0.1, 0.15) is 2.85 Å². The summed E-state index contributed by atoms with van der Waals surface area (Å²) in [5.41, 5.74) is 0. The fourth-order valence-electron chi connectivity index (χ4n) is 0.415. The van der Waals surface area contributed by atoms with Gasteiger partial charge in [0.1, 0.15) is 0 Å². The Labute approximate surface area is 106 Å². The smallest absolute Gasteiger partial charge is 1.00 e. The average molecular weight is 343 g/mol. The Morgan fingerprint density at radius 1 is 1.12 bits per heavy atom. The van der Waals surface area contributed by atoms with E-state index in [0.29, 0.717) is 0 Å². The molecule has 1 rings (SSSR count). The molecule has 0 N–H and O–H groups in total. The number of benzene rings is 1. The zero-order chi connectivity index (χ0) is 5.11. The van der Waals surface area contributed by atoms with Gasteiger partial charge >= 0.3 is 48.9 Å². The molecule has 0 radical (unpaired) electrons. The van der Waals surface area contributed by atoms with Gasteiger partial charge in [-0.05, 0) is 34.7 Å². The molecule has 0 bridgehead atoms. The fraction of sp³-hybridized carbons (Fsp3) is 0. The first-order valence-electron chi connectivity index (χ1n) is 2.10. The van der Waals surface area contributed by atoms with Crippen LogP contribution in [-0.2, 0) is 0 Å². The quantitative estimate of drug-likeness (QED) is 0.500. The SMILES string of the molecule is Ic1ccccc1.[Ba+2].[H-].[H-]. The fourth-order valence-corrected chi connectivity index (χ4v) is 0.830. The number of hydrogen-bond acceptors (Lipinski definition) is 0. The number of halogens is 1. The summed E-state index contributed by atoms with van der Waals surface area (Å²) in [6.45, 7) is 0. The molecule has 0 spiro atoms. The third-order valence-electron chi connectivity index (χ3n) is 0.733. The van der Waals surface area contributed by atoms with E-state index in [2.05, 4.69) is 34.7 Å². The second-order valence-corrected chi connectivity index (χ2v) is 2.54. The zero-order valence-electron chi connectivity index (χ0n) is 6.47. The molecule has 0 aliphatic heterocycles. The molecule has 0 heterocycles. The molecule has 1 aromatic rings. The standard InChI is InChI=1S/C6H5I.Ba.2H/c7-6-4-2-1-3-5-6;;;/h1-5H;;;/q;+2;2*-1. The minimum absolute atomic E-state index is 0. The Morgan fingerprint density at radius 2 is 1.62 bits per heavy atom. The summed E-state index contributed by atoms with van der Waals surface area (Å²) in [6.07, 6.45) is 0. The van der Waals surface area contributed by atoms with Crippen LogP contribution in [0, 0.1) is 3.57 Å². The van der Waals surface area contributed by atoms with E-state index < -0.39 is 0 Å². The van der Waals surface area contributed by atoms with Gasteiger partial charge in [0, 0.05) is 3.57 Å². The van der Waals surface area contributed by atoms with E-state index in [9.17, 15) is 0 Å². The Bertz CT molecular complexity index is 146. The average Bonchev–Trinajstić information content (AvgIpc) is 1.69. The molecular formula is C6H7BaI. The number of rotatable bonds is 0. The van der Waals surface area contributed by atoms with Crippen LogP contribution < -0.4 is 0 Å². The molecular weight excluding hydrogens is 336 g/mol. The van der Waals surface area contributed by atoms with Gasteiger partial charge in [-0.1, -0.05) is 18.2 Å². The summed E-state index contributed by atoms with van der Waals surface area (Å²) < 4.78 is 1.29. The third-order valence-corrected chi connectivity index (χ3v) is 1.45. The Hall–Kier alpha value is 1.52. The van der Waals surface area contributed by atoms with Crippen LogP contribution in [0.25, 0.3) is 0 Å². The van der Waals surface area contributed by atoms with Gasteiger partial charge in [-0.15, -0.1) is 0 Å². The largest absolute Gasteiger partial charge is 2.00 e. The summed E-state index contributed by atoms with van der Waals surface area (Å²) in [5.74, 6) is 0. The molecule has 0 aliphatic carbocycles. The van der Waals surface area contributed by atoms with Crippen LogP contribution in [-0.4, -0.2) is 48.9 Å². The van der Waals surface area contributed by atoms with Gasteiger partial charge in [0.05, 0.1) is 0 Å². The van der Waals surface area contributed by atoms with Crippen LogP contribution in [0.15, 0.2) is 30.3 Å². The van der Waals surface area contributed by atoms with Crippen molar-refractivity contribution in [2.45, 2.75) is 0 Å². The summed E-state index contributed by atoms with van der Waals surface area (Å²) in [5, 5.41) is 0. The minimum Gasteiger partial charge on any atom is -1.00 e. The van der Waals surface area contributed by atoms with Crippen molar-refractivity contribution >= 4 is 71.5 Å². The molecule has 1 aromatic carbocycles. The molecule has 0 saturated carbocycles. The normalized spacial score (nSPS) is 7.62. The first-order chi connectivity index (χ1) is 3.39. The van der Waals surface area contributed by atoms with E-state index in [-0.39, 0.29) is 51.7 Å².